The lowest BCUT2D eigenvalue weighted by molar-refractivity contribution is -0.246. The third-order valence-electron chi connectivity index (χ3n) is 3.28. The Morgan fingerprint density at radius 1 is 0.739 bits per heavy atom. The molecule has 0 saturated carbocycles. The van der Waals surface area contributed by atoms with E-state index in [1.165, 1.54) is 0 Å². The zero-order chi connectivity index (χ0) is 18.3. The highest BCUT2D eigenvalue weighted by Gasteiger charge is 2.82. The number of alkyl halides is 6. The van der Waals surface area contributed by atoms with Gasteiger partial charge in [0.2, 0.25) is 0 Å². The summed E-state index contributed by atoms with van der Waals surface area (Å²) in [6, 6.07) is 0. The maximum absolute atomic E-state index is 13.7. The Bertz CT molecular complexity index is 639. The van der Waals surface area contributed by atoms with Crippen LogP contribution in [0, 0.1) is 0 Å². The van der Waals surface area contributed by atoms with Gasteiger partial charge in [0.15, 0.2) is 0 Å². The molecule has 1 heterocycles. The summed E-state index contributed by atoms with van der Waals surface area (Å²) >= 11 is 0. The summed E-state index contributed by atoms with van der Waals surface area (Å²) in [6.07, 6.45) is 0.954. The number of hydrogen-bond donors (Lipinski definition) is 1. The van der Waals surface area contributed by atoms with Crippen LogP contribution in [0.1, 0.15) is 25.7 Å². The van der Waals surface area contributed by atoms with Gasteiger partial charge in [-0.15, -0.1) is 0 Å². The Hall–Kier alpha value is -0.600. The molecule has 1 saturated heterocycles. The first-order chi connectivity index (χ1) is 10.1. The van der Waals surface area contributed by atoms with Gasteiger partial charge < -0.3 is 0 Å². The summed E-state index contributed by atoms with van der Waals surface area (Å²) in [6.45, 7) is -1.18. The van der Waals surface area contributed by atoms with Gasteiger partial charge in [0.05, 0.1) is 0 Å². The normalized spacial score (nSPS) is 20.3. The van der Waals surface area contributed by atoms with E-state index in [4.69, 9.17) is 4.55 Å². The van der Waals surface area contributed by atoms with E-state index in [0.717, 1.165) is 0 Å². The van der Waals surface area contributed by atoms with E-state index < -0.39 is 49.7 Å². The van der Waals surface area contributed by atoms with Crippen molar-refractivity contribution >= 4 is 20.1 Å². The molecule has 0 unspecified atom stereocenters. The lowest BCUT2D eigenvalue weighted by Gasteiger charge is -2.33. The highest BCUT2D eigenvalue weighted by molar-refractivity contribution is 7.90. The SMILES string of the molecule is O=S(=O)(O)C(F)(F)C(F)(F)C(F)(F)S(=O)(=O)N1CCCCCC1. The maximum Gasteiger partial charge on any atom is 0.439 e. The lowest BCUT2D eigenvalue weighted by Crippen LogP contribution is -2.63. The molecule has 0 aliphatic carbocycles. The van der Waals surface area contributed by atoms with E-state index in [2.05, 4.69) is 0 Å². The number of halogens is 6. The first-order valence-electron chi connectivity index (χ1n) is 6.21. The number of sulfonamides is 1. The van der Waals surface area contributed by atoms with Crippen LogP contribution in [0.5, 0.6) is 0 Å². The van der Waals surface area contributed by atoms with E-state index in [0.29, 0.717) is 12.8 Å². The first kappa shape index (κ1) is 20.4. The van der Waals surface area contributed by atoms with Crippen molar-refractivity contribution in [3.63, 3.8) is 0 Å². The molecule has 0 radical (unpaired) electrons. The van der Waals surface area contributed by atoms with Crippen LogP contribution in [0.4, 0.5) is 26.3 Å². The van der Waals surface area contributed by atoms with Crippen molar-refractivity contribution in [1.29, 1.82) is 0 Å². The van der Waals surface area contributed by atoms with Crippen molar-refractivity contribution in [2.75, 3.05) is 13.1 Å². The Kier molecular flexibility index (Phi) is 5.37. The molecular formula is C9H13F6NO5S2. The van der Waals surface area contributed by atoms with Gasteiger partial charge in [-0.2, -0.15) is 39.1 Å². The third kappa shape index (κ3) is 3.17. The van der Waals surface area contributed by atoms with Gasteiger partial charge in [-0.05, 0) is 12.8 Å². The van der Waals surface area contributed by atoms with Crippen LogP contribution in [0.25, 0.3) is 0 Å². The minimum Gasteiger partial charge on any atom is -0.281 e. The van der Waals surface area contributed by atoms with Gasteiger partial charge in [-0.3, -0.25) is 4.55 Å². The second kappa shape index (κ2) is 6.04. The molecule has 1 aliphatic rings. The van der Waals surface area contributed by atoms with Crippen LogP contribution in [0.3, 0.4) is 0 Å². The molecular weight excluding hydrogens is 380 g/mol. The number of hydrogen-bond acceptors (Lipinski definition) is 4. The minimum absolute atomic E-state index is 0.0512. The molecule has 1 fully saturated rings. The third-order valence-corrected chi connectivity index (χ3v) is 6.14. The molecule has 1 rings (SSSR count). The lowest BCUT2D eigenvalue weighted by atomic mass is 10.2. The predicted molar refractivity (Wildman–Crippen MR) is 65.4 cm³/mol. The highest BCUT2D eigenvalue weighted by Crippen LogP contribution is 2.51. The van der Waals surface area contributed by atoms with Crippen LogP contribution in [0.15, 0.2) is 0 Å². The molecule has 23 heavy (non-hydrogen) atoms. The fourth-order valence-corrected chi connectivity index (χ4v) is 3.97. The second-order valence-electron chi connectivity index (χ2n) is 4.90. The molecule has 0 atom stereocenters. The van der Waals surface area contributed by atoms with Crippen molar-refractivity contribution in [1.82, 2.24) is 4.31 Å². The summed E-state index contributed by atoms with van der Waals surface area (Å²) in [7, 11) is -13.3. The van der Waals surface area contributed by atoms with Crippen LogP contribution < -0.4 is 0 Å². The second-order valence-corrected chi connectivity index (χ2v) is 8.34. The summed E-state index contributed by atoms with van der Waals surface area (Å²) in [5.41, 5.74) is 0. The van der Waals surface area contributed by atoms with E-state index in [1.54, 1.807) is 0 Å². The Morgan fingerprint density at radius 3 is 1.48 bits per heavy atom. The van der Waals surface area contributed by atoms with Crippen LogP contribution >= 0.6 is 0 Å². The molecule has 0 amide bonds. The molecule has 6 nitrogen and oxygen atoms in total. The molecule has 0 aromatic carbocycles. The first-order valence-corrected chi connectivity index (χ1v) is 9.09. The van der Waals surface area contributed by atoms with E-state index in [-0.39, 0.29) is 17.1 Å². The summed E-state index contributed by atoms with van der Waals surface area (Å²) in [5, 5.41) is -13.1. The quantitative estimate of drug-likeness (QED) is 0.569. The average molecular weight is 393 g/mol. The van der Waals surface area contributed by atoms with Gasteiger partial charge in [-0.1, -0.05) is 12.8 Å². The van der Waals surface area contributed by atoms with Crippen molar-refractivity contribution in [2.45, 2.75) is 42.1 Å². The molecule has 0 bridgehead atoms. The minimum atomic E-state index is -6.99. The Morgan fingerprint density at radius 2 is 1.13 bits per heavy atom. The van der Waals surface area contributed by atoms with E-state index in [1.807, 2.05) is 0 Å². The average Bonchev–Trinajstić information content (AvgIpc) is 2.65. The smallest absolute Gasteiger partial charge is 0.281 e. The summed E-state index contributed by atoms with van der Waals surface area (Å²) in [5.74, 6) is -6.88. The van der Waals surface area contributed by atoms with Crippen LogP contribution in [-0.4, -0.2) is 55.2 Å². The standard InChI is InChI=1S/C9H13F6NO5S2/c10-7(11,9(14,15)23(19,20)21)8(12,13)22(17,18)16-5-3-1-2-4-6-16/h1-6H2,(H,19,20,21). The zero-order valence-corrected chi connectivity index (χ0v) is 13.0. The van der Waals surface area contributed by atoms with Gasteiger partial charge in [0, 0.05) is 13.1 Å². The summed E-state index contributed by atoms with van der Waals surface area (Å²) < 4.78 is 132. The van der Waals surface area contributed by atoms with Crippen LogP contribution in [-0.2, 0) is 20.1 Å². The molecule has 1 aliphatic heterocycles. The largest absolute Gasteiger partial charge is 0.439 e. The predicted octanol–water partition coefficient (Wildman–Crippen LogP) is 1.90. The van der Waals surface area contributed by atoms with Crippen molar-refractivity contribution in [2.24, 2.45) is 0 Å². The fraction of sp³-hybridized carbons (Fsp3) is 1.00. The molecule has 0 spiro atoms. The van der Waals surface area contributed by atoms with Gasteiger partial charge in [-0.25, -0.2) is 8.42 Å². The maximum atomic E-state index is 13.7. The van der Waals surface area contributed by atoms with E-state index >= 15 is 0 Å². The highest BCUT2D eigenvalue weighted by atomic mass is 32.2. The number of rotatable bonds is 5. The zero-order valence-electron chi connectivity index (χ0n) is 11.4. The molecule has 0 aromatic heterocycles. The summed E-state index contributed by atoms with van der Waals surface area (Å²) in [4.78, 5) is 0. The van der Waals surface area contributed by atoms with Crippen molar-refractivity contribution < 1.29 is 47.7 Å². The monoisotopic (exact) mass is 393 g/mol. The number of nitrogens with zero attached hydrogens (tertiary/aromatic N) is 1. The van der Waals surface area contributed by atoms with Gasteiger partial charge in [0.1, 0.15) is 0 Å². The van der Waals surface area contributed by atoms with Crippen LogP contribution in [0.2, 0.25) is 0 Å². The van der Waals surface area contributed by atoms with Gasteiger partial charge >= 0.3 is 26.5 Å². The molecule has 1 N–H and O–H groups in total. The Labute approximate surface area is 128 Å². The molecule has 14 heteroatoms. The topological polar surface area (TPSA) is 91.7 Å². The van der Waals surface area contributed by atoms with Crippen molar-refractivity contribution in [3.05, 3.63) is 0 Å². The Balaban J connectivity index is 3.37. The molecule has 0 aromatic rings. The molecule has 138 valence electrons. The van der Waals surface area contributed by atoms with Gasteiger partial charge in [0.25, 0.3) is 10.0 Å². The van der Waals surface area contributed by atoms with Crippen molar-refractivity contribution in [3.8, 4) is 0 Å². The fourth-order valence-electron chi connectivity index (χ4n) is 1.94. The van der Waals surface area contributed by atoms with E-state index in [9.17, 15) is 43.2 Å².